The van der Waals surface area contributed by atoms with E-state index in [0.29, 0.717) is 16.0 Å². The fraction of sp³-hybridized carbons (Fsp3) is 0.333. The minimum absolute atomic E-state index is 0.0695. The number of aromatic nitrogens is 3. The van der Waals surface area contributed by atoms with Crippen molar-refractivity contribution in [3.05, 3.63) is 47.9 Å². The molecular formula is C18H15F3N6O. The lowest BCUT2D eigenvalue weighted by molar-refractivity contribution is -0.130. The highest BCUT2D eigenvalue weighted by Crippen LogP contribution is 2.44. The zero-order valence-corrected chi connectivity index (χ0v) is 15.0. The monoisotopic (exact) mass is 388 g/mol. The van der Waals surface area contributed by atoms with Crippen LogP contribution in [0.5, 0.6) is 0 Å². The molecule has 0 aliphatic carbocycles. The second-order valence-electron chi connectivity index (χ2n) is 6.83. The number of hydrogen-bond acceptors (Lipinski definition) is 6. The number of alkyl halides is 3. The maximum absolute atomic E-state index is 13.1. The van der Waals surface area contributed by atoms with Crippen LogP contribution in [0.15, 0.2) is 46.8 Å². The Hall–Kier alpha value is -3.17. The van der Waals surface area contributed by atoms with E-state index in [0.717, 1.165) is 5.69 Å². The number of amides is 1. The molecule has 0 N–H and O–H groups in total. The van der Waals surface area contributed by atoms with Gasteiger partial charge in [-0.3, -0.25) is 14.7 Å². The second kappa shape index (κ2) is 6.47. The Bertz CT molecular complexity index is 1010. The topological polar surface area (TPSA) is 83.7 Å². The van der Waals surface area contributed by atoms with Crippen LogP contribution < -0.4 is 4.90 Å². The molecule has 2 aliphatic heterocycles. The normalized spacial score (nSPS) is 18.4. The van der Waals surface area contributed by atoms with Crippen molar-refractivity contribution in [1.82, 2.24) is 15.0 Å². The fourth-order valence-electron chi connectivity index (χ4n) is 3.33. The van der Waals surface area contributed by atoms with Gasteiger partial charge in [-0.05, 0) is 12.0 Å². The van der Waals surface area contributed by atoms with Crippen LogP contribution in [0.25, 0.3) is 11.1 Å². The van der Waals surface area contributed by atoms with Gasteiger partial charge in [0.25, 0.3) is 5.91 Å². The van der Waals surface area contributed by atoms with Gasteiger partial charge in [-0.15, -0.1) is 0 Å². The molecule has 2 aliphatic rings. The van der Waals surface area contributed by atoms with Gasteiger partial charge in [0.15, 0.2) is 0 Å². The zero-order chi connectivity index (χ0) is 20.1. The molecule has 1 unspecified atom stereocenters. The number of hydrogen-bond donors (Lipinski definition) is 0. The molecule has 144 valence electrons. The van der Waals surface area contributed by atoms with Crippen molar-refractivity contribution < 1.29 is 18.0 Å². The number of fused-ring (bicyclic) bond motifs is 3. The molecule has 1 atom stereocenters. The highest BCUT2D eigenvalue weighted by molar-refractivity contribution is 6.09. The summed E-state index contributed by atoms with van der Waals surface area (Å²) in [7, 11) is 0. The molecule has 7 nitrogen and oxygen atoms in total. The predicted octanol–water partition coefficient (Wildman–Crippen LogP) is 3.96. The molecule has 0 saturated carbocycles. The van der Waals surface area contributed by atoms with Crippen molar-refractivity contribution in [3.63, 3.8) is 0 Å². The van der Waals surface area contributed by atoms with Gasteiger partial charge in [0.2, 0.25) is 0 Å². The van der Waals surface area contributed by atoms with Crippen LogP contribution in [-0.2, 0) is 4.79 Å². The van der Waals surface area contributed by atoms with E-state index >= 15 is 0 Å². The highest BCUT2D eigenvalue weighted by Gasteiger charge is 2.44. The number of pyridine rings is 1. The van der Waals surface area contributed by atoms with Crippen LogP contribution in [0.1, 0.15) is 37.2 Å². The minimum Gasteiger partial charge on any atom is -0.297 e. The first-order chi connectivity index (χ1) is 13.3. The summed E-state index contributed by atoms with van der Waals surface area (Å²) in [5, 5.41) is 7.65. The Morgan fingerprint density at radius 1 is 1.21 bits per heavy atom. The lowest BCUT2D eigenvalue weighted by Gasteiger charge is -2.32. The number of carbonyl (C=O) groups excluding carboxylic acids is 1. The Kier molecular flexibility index (Phi) is 4.20. The molecule has 28 heavy (non-hydrogen) atoms. The molecule has 2 aromatic heterocycles. The van der Waals surface area contributed by atoms with Crippen LogP contribution >= 0.6 is 0 Å². The van der Waals surface area contributed by atoms with E-state index < -0.39 is 24.7 Å². The Labute approximate surface area is 158 Å². The van der Waals surface area contributed by atoms with E-state index in [-0.39, 0.29) is 22.9 Å². The van der Waals surface area contributed by atoms with E-state index in [1.54, 1.807) is 6.20 Å². The number of rotatable bonds is 3. The number of nitrogens with zero attached hydrogens (tertiary/aromatic N) is 6. The first-order valence-corrected chi connectivity index (χ1v) is 8.55. The van der Waals surface area contributed by atoms with Crippen LogP contribution in [0.3, 0.4) is 0 Å². The minimum atomic E-state index is -4.57. The summed E-state index contributed by atoms with van der Waals surface area (Å²) in [4.78, 5) is 26.0. The van der Waals surface area contributed by atoms with Crippen molar-refractivity contribution in [3.8, 4) is 11.1 Å². The molecule has 2 aromatic rings. The lowest BCUT2D eigenvalue weighted by atomic mass is 9.94. The second-order valence-corrected chi connectivity index (χ2v) is 6.83. The van der Waals surface area contributed by atoms with Crippen molar-refractivity contribution in [2.24, 2.45) is 10.2 Å². The van der Waals surface area contributed by atoms with E-state index in [1.165, 1.54) is 24.8 Å². The summed E-state index contributed by atoms with van der Waals surface area (Å²) in [6.07, 6.45) is 1.17. The zero-order valence-electron chi connectivity index (χ0n) is 15.0. The molecule has 0 radical (unpaired) electrons. The molecule has 0 fully saturated rings. The molecule has 0 bridgehead atoms. The van der Waals surface area contributed by atoms with Gasteiger partial charge >= 0.3 is 6.18 Å². The number of azo groups is 1. The van der Waals surface area contributed by atoms with Crippen LogP contribution in [0, 0.1) is 0 Å². The average Bonchev–Trinajstić information content (AvgIpc) is 3.14. The van der Waals surface area contributed by atoms with Gasteiger partial charge in [-0.1, -0.05) is 13.8 Å². The van der Waals surface area contributed by atoms with Gasteiger partial charge in [-0.2, -0.15) is 23.4 Å². The largest absolute Gasteiger partial charge is 0.406 e. The maximum atomic E-state index is 13.1. The first-order valence-electron chi connectivity index (χ1n) is 8.55. The van der Waals surface area contributed by atoms with Crippen LogP contribution in [0.2, 0.25) is 0 Å². The van der Waals surface area contributed by atoms with E-state index in [1.807, 2.05) is 13.8 Å². The van der Waals surface area contributed by atoms with Gasteiger partial charge in [0.1, 0.15) is 18.9 Å². The maximum Gasteiger partial charge on any atom is 0.406 e. The van der Waals surface area contributed by atoms with E-state index in [9.17, 15) is 18.0 Å². The summed E-state index contributed by atoms with van der Waals surface area (Å²) in [5.74, 6) is -0.702. The Balaban J connectivity index is 1.88. The van der Waals surface area contributed by atoms with E-state index in [2.05, 4.69) is 25.2 Å². The third-order valence-electron chi connectivity index (χ3n) is 4.55. The van der Waals surface area contributed by atoms with Gasteiger partial charge in [0.05, 0.1) is 28.8 Å². The fourth-order valence-corrected chi connectivity index (χ4v) is 3.33. The number of carbonyl (C=O) groups is 1. The summed E-state index contributed by atoms with van der Waals surface area (Å²) >= 11 is 0. The Morgan fingerprint density at radius 3 is 2.71 bits per heavy atom. The first kappa shape index (κ1) is 18.2. The predicted molar refractivity (Wildman–Crippen MR) is 93.4 cm³/mol. The van der Waals surface area contributed by atoms with Gasteiger partial charge in [0, 0.05) is 23.5 Å². The standard InChI is InChI=1S/C18H15F3N6O/c1-9(2)14-11(5-22-8-24-14)10-3-13-16(23-4-10)15-12(6-25-26-15)17(28)27(13)7-18(19,20)21/h3-6,8-9,15H,7H2,1-2H3. The van der Waals surface area contributed by atoms with Crippen molar-refractivity contribution in [2.45, 2.75) is 32.0 Å². The smallest absolute Gasteiger partial charge is 0.297 e. The number of anilines is 1. The Morgan fingerprint density at radius 2 is 2.00 bits per heavy atom. The summed E-state index contributed by atoms with van der Waals surface area (Å²) < 4.78 is 39.4. The third-order valence-corrected chi connectivity index (χ3v) is 4.55. The third kappa shape index (κ3) is 3.04. The summed E-state index contributed by atoms with van der Waals surface area (Å²) in [6.45, 7) is 2.48. The average molecular weight is 388 g/mol. The molecule has 4 rings (SSSR count). The van der Waals surface area contributed by atoms with Crippen molar-refractivity contribution in [2.75, 3.05) is 11.4 Å². The van der Waals surface area contributed by atoms with Crippen molar-refractivity contribution >= 4 is 11.6 Å². The SMILES string of the molecule is CC(C)c1ncncc1-c1cnc2c(c1)N(CC(F)(F)F)C(=O)C1=CN=NC12. The number of halogens is 3. The van der Waals surface area contributed by atoms with Crippen molar-refractivity contribution in [1.29, 1.82) is 0 Å². The quantitative estimate of drug-likeness (QED) is 0.797. The molecule has 0 aromatic carbocycles. The van der Waals surface area contributed by atoms with Gasteiger partial charge in [-0.25, -0.2) is 9.97 Å². The van der Waals surface area contributed by atoms with Crippen LogP contribution in [0.4, 0.5) is 18.9 Å². The summed E-state index contributed by atoms with van der Waals surface area (Å²) in [6, 6.07) is 0.735. The molecule has 0 saturated heterocycles. The highest BCUT2D eigenvalue weighted by atomic mass is 19.4. The molecular weight excluding hydrogens is 373 g/mol. The molecule has 4 heterocycles. The van der Waals surface area contributed by atoms with Gasteiger partial charge < -0.3 is 0 Å². The van der Waals surface area contributed by atoms with Crippen LogP contribution in [-0.4, -0.2) is 33.6 Å². The van der Waals surface area contributed by atoms with E-state index in [4.69, 9.17) is 0 Å². The molecule has 10 heteroatoms. The molecule has 1 amide bonds. The lowest BCUT2D eigenvalue weighted by Crippen LogP contribution is -2.43. The molecule has 0 spiro atoms. The summed E-state index contributed by atoms with van der Waals surface area (Å²) in [5.41, 5.74) is 2.35.